The van der Waals surface area contributed by atoms with E-state index in [2.05, 4.69) is 4.98 Å². The quantitative estimate of drug-likeness (QED) is 0.669. The van der Waals surface area contributed by atoms with Crippen LogP contribution < -0.4 is 8.92 Å². The highest BCUT2D eigenvalue weighted by atomic mass is 32.2. The SMILES string of the molecule is COc1cc(C#N)ccc1OS(=O)(=O)c1ccc(C)c2ncccc12. The summed E-state index contributed by atoms with van der Waals surface area (Å²) in [6.45, 7) is 1.86. The molecule has 0 saturated carbocycles. The van der Waals surface area contributed by atoms with Crippen LogP contribution in [0.15, 0.2) is 53.6 Å². The molecule has 25 heavy (non-hydrogen) atoms. The van der Waals surface area contributed by atoms with Crippen LogP contribution in [0.4, 0.5) is 0 Å². The third-order valence-corrected chi connectivity index (χ3v) is 4.99. The van der Waals surface area contributed by atoms with Crippen molar-refractivity contribution in [3.8, 4) is 17.6 Å². The largest absolute Gasteiger partial charge is 0.493 e. The molecule has 0 atom stereocenters. The highest BCUT2D eigenvalue weighted by Crippen LogP contribution is 2.32. The average molecular weight is 354 g/mol. The molecule has 6 nitrogen and oxygen atoms in total. The lowest BCUT2D eigenvalue weighted by molar-refractivity contribution is 0.390. The van der Waals surface area contributed by atoms with Crippen molar-refractivity contribution in [1.82, 2.24) is 4.98 Å². The molecule has 1 heterocycles. The number of hydrogen-bond donors (Lipinski definition) is 0. The molecule has 1 aromatic heterocycles. The second-order valence-electron chi connectivity index (χ2n) is 5.30. The van der Waals surface area contributed by atoms with Crippen LogP contribution in [0.3, 0.4) is 0 Å². The first-order valence-electron chi connectivity index (χ1n) is 7.33. The Hall–Kier alpha value is -3.11. The summed E-state index contributed by atoms with van der Waals surface area (Å²) < 4.78 is 35.9. The first kappa shape index (κ1) is 16.7. The van der Waals surface area contributed by atoms with Crippen LogP contribution in [0.25, 0.3) is 10.9 Å². The Kier molecular flexibility index (Phi) is 4.30. The van der Waals surface area contributed by atoms with Crippen LogP contribution in [-0.2, 0) is 10.1 Å². The monoisotopic (exact) mass is 354 g/mol. The molecule has 0 aliphatic heterocycles. The van der Waals surface area contributed by atoms with E-state index < -0.39 is 10.1 Å². The molecule has 126 valence electrons. The molecule has 7 heteroatoms. The van der Waals surface area contributed by atoms with E-state index in [0.717, 1.165) is 5.56 Å². The van der Waals surface area contributed by atoms with Crippen LogP contribution in [0.2, 0.25) is 0 Å². The van der Waals surface area contributed by atoms with E-state index in [1.807, 2.05) is 13.0 Å². The Bertz CT molecular complexity index is 1100. The molecule has 3 rings (SSSR count). The molecule has 0 bridgehead atoms. The van der Waals surface area contributed by atoms with Gasteiger partial charge in [0.1, 0.15) is 4.90 Å². The van der Waals surface area contributed by atoms with Crippen LogP contribution in [-0.4, -0.2) is 20.5 Å². The van der Waals surface area contributed by atoms with Gasteiger partial charge in [0.25, 0.3) is 0 Å². The predicted molar refractivity (Wildman–Crippen MR) is 92.0 cm³/mol. The number of pyridine rings is 1. The zero-order valence-electron chi connectivity index (χ0n) is 13.6. The zero-order valence-corrected chi connectivity index (χ0v) is 14.4. The van der Waals surface area contributed by atoms with Crippen LogP contribution in [0.5, 0.6) is 11.5 Å². The van der Waals surface area contributed by atoms with Crippen molar-refractivity contribution >= 4 is 21.0 Å². The summed E-state index contributed by atoms with van der Waals surface area (Å²) in [5, 5.41) is 9.41. The Morgan fingerprint density at radius 1 is 1.12 bits per heavy atom. The fraction of sp³-hybridized carbons (Fsp3) is 0.111. The molecular formula is C18H14N2O4S. The number of fused-ring (bicyclic) bond motifs is 1. The third kappa shape index (κ3) is 3.12. The van der Waals surface area contributed by atoms with E-state index in [1.165, 1.54) is 31.4 Å². The topological polar surface area (TPSA) is 89.3 Å². The van der Waals surface area contributed by atoms with Gasteiger partial charge in [-0.3, -0.25) is 4.98 Å². The minimum atomic E-state index is -4.11. The smallest absolute Gasteiger partial charge is 0.340 e. The van der Waals surface area contributed by atoms with Crippen LogP contribution in [0, 0.1) is 18.3 Å². The maximum atomic E-state index is 12.8. The first-order chi connectivity index (χ1) is 12.0. The lowest BCUT2D eigenvalue weighted by Crippen LogP contribution is -2.11. The molecule has 3 aromatic rings. The Labute approximate surface area is 145 Å². The number of methoxy groups -OCH3 is 1. The summed E-state index contributed by atoms with van der Waals surface area (Å²) in [5.74, 6) is 0.177. The van der Waals surface area contributed by atoms with Crippen molar-refractivity contribution in [3.63, 3.8) is 0 Å². The van der Waals surface area contributed by atoms with Gasteiger partial charge in [-0.25, -0.2) is 0 Å². The van der Waals surface area contributed by atoms with Gasteiger partial charge in [0.2, 0.25) is 0 Å². The second kappa shape index (κ2) is 6.42. The highest BCUT2D eigenvalue weighted by Gasteiger charge is 2.22. The van der Waals surface area contributed by atoms with Gasteiger partial charge in [0.05, 0.1) is 24.3 Å². The standard InChI is InChI=1S/C18H14N2O4S/c1-12-5-8-17(14-4-3-9-20-18(12)14)25(21,22)24-15-7-6-13(11-19)10-16(15)23-2/h3-10H,1-2H3. The molecule has 0 spiro atoms. The normalized spacial score (nSPS) is 11.1. The molecule has 0 aliphatic rings. The molecule has 0 fully saturated rings. The maximum Gasteiger partial charge on any atom is 0.340 e. The number of nitrogens with zero attached hydrogens (tertiary/aromatic N) is 2. The van der Waals surface area contributed by atoms with Crippen molar-refractivity contribution in [2.45, 2.75) is 11.8 Å². The number of hydrogen-bond acceptors (Lipinski definition) is 6. The van der Waals surface area contributed by atoms with Gasteiger partial charge in [-0.1, -0.05) is 6.07 Å². The number of benzene rings is 2. The van der Waals surface area contributed by atoms with Gasteiger partial charge < -0.3 is 8.92 Å². The van der Waals surface area contributed by atoms with Gasteiger partial charge in [-0.2, -0.15) is 13.7 Å². The molecule has 0 aliphatic carbocycles. The van der Waals surface area contributed by atoms with Gasteiger partial charge in [0, 0.05) is 17.6 Å². The molecular weight excluding hydrogens is 340 g/mol. The summed E-state index contributed by atoms with van der Waals surface area (Å²) in [7, 11) is -2.74. The van der Waals surface area contributed by atoms with Gasteiger partial charge >= 0.3 is 10.1 Å². The van der Waals surface area contributed by atoms with Gasteiger partial charge in [-0.15, -0.1) is 0 Å². The highest BCUT2D eigenvalue weighted by molar-refractivity contribution is 7.87. The lowest BCUT2D eigenvalue weighted by atomic mass is 10.1. The van der Waals surface area contributed by atoms with Crippen molar-refractivity contribution < 1.29 is 17.3 Å². The first-order valence-corrected chi connectivity index (χ1v) is 8.74. The third-order valence-electron chi connectivity index (χ3n) is 3.69. The van der Waals surface area contributed by atoms with Crippen LogP contribution in [0.1, 0.15) is 11.1 Å². The van der Waals surface area contributed by atoms with E-state index in [1.54, 1.807) is 24.4 Å². The van der Waals surface area contributed by atoms with E-state index >= 15 is 0 Å². The maximum absolute atomic E-state index is 12.8. The molecule has 0 unspecified atom stereocenters. The molecule has 2 aromatic carbocycles. The lowest BCUT2D eigenvalue weighted by Gasteiger charge is -2.13. The van der Waals surface area contributed by atoms with E-state index in [9.17, 15) is 8.42 Å². The summed E-state index contributed by atoms with van der Waals surface area (Å²) in [6, 6.07) is 12.8. The molecule has 0 saturated heterocycles. The Morgan fingerprint density at radius 2 is 1.92 bits per heavy atom. The Balaban J connectivity index is 2.10. The Morgan fingerprint density at radius 3 is 2.64 bits per heavy atom. The fourth-order valence-electron chi connectivity index (χ4n) is 2.47. The summed E-state index contributed by atoms with van der Waals surface area (Å²) >= 11 is 0. The second-order valence-corrected chi connectivity index (χ2v) is 6.81. The minimum absolute atomic E-state index is 0.0131. The number of aryl methyl sites for hydroxylation is 1. The average Bonchev–Trinajstić information content (AvgIpc) is 2.62. The van der Waals surface area contributed by atoms with Crippen molar-refractivity contribution in [1.29, 1.82) is 5.26 Å². The van der Waals surface area contributed by atoms with Gasteiger partial charge in [-0.05, 0) is 42.8 Å². The zero-order chi connectivity index (χ0) is 18.0. The number of aromatic nitrogens is 1. The van der Waals surface area contributed by atoms with Crippen molar-refractivity contribution in [2.24, 2.45) is 0 Å². The van der Waals surface area contributed by atoms with E-state index in [4.69, 9.17) is 14.2 Å². The number of ether oxygens (including phenoxy) is 1. The van der Waals surface area contributed by atoms with E-state index in [0.29, 0.717) is 16.5 Å². The number of rotatable bonds is 4. The van der Waals surface area contributed by atoms with E-state index in [-0.39, 0.29) is 16.4 Å². The molecule has 0 amide bonds. The fourth-order valence-corrected chi connectivity index (χ4v) is 3.61. The molecule has 0 radical (unpaired) electrons. The van der Waals surface area contributed by atoms with Gasteiger partial charge in [0.15, 0.2) is 11.5 Å². The minimum Gasteiger partial charge on any atom is -0.493 e. The number of nitriles is 1. The van der Waals surface area contributed by atoms with Crippen molar-refractivity contribution in [2.75, 3.05) is 7.11 Å². The summed E-state index contributed by atoms with van der Waals surface area (Å²) in [5.41, 5.74) is 1.80. The summed E-state index contributed by atoms with van der Waals surface area (Å²) in [4.78, 5) is 4.26. The predicted octanol–water partition coefficient (Wildman–Crippen LogP) is 3.19. The van der Waals surface area contributed by atoms with Crippen molar-refractivity contribution in [3.05, 3.63) is 59.8 Å². The molecule has 0 N–H and O–H groups in total. The summed E-state index contributed by atoms with van der Waals surface area (Å²) in [6.07, 6.45) is 1.61. The van der Waals surface area contributed by atoms with Crippen LogP contribution >= 0.6 is 0 Å².